The Morgan fingerprint density at radius 3 is 1.94 bits per heavy atom. The maximum Gasteiger partial charge on any atom is 0.174 e. The molecule has 0 heterocycles. The first-order valence-corrected chi connectivity index (χ1v) is 10.6. The first kappa shape index (κ1) is 22.4. The van der Waals surface area contributed by atoms with Gasteiger partial charge in [0, 0.05) is 24.8 Å². The third-order valence-electron chi connectivity index (χ3n) is 4.75. The number of rotatable bonds is 9. The Morgan fingerprint density at radius 2 is 1.39 bits per heavy atom. The van der Waals surface area contributed by atoms with E-state index in [2.05, 4.69) is 34.5 Å². The Morgan fingerprint density at radius 1 is 0.806 bits per heavy atom. The molecule has 0 atom stereocenters. The summed E-state index contributed by atoms with van der Waals surface area (Å²) in [7, 11) is 3.32. The molecule has 0 saturated carbocycles. The van der Waals surface area contributed by atoms with E-state index in [4.69, 9.17) is 26.4 Å². The highest BCUT2D eigenvalue weighted by atomic mass is 32.1. The van der Waals surface area contributed by atoms with Crippen molar-refractivity contribution < 1.29 is 14.2 Å². The van der Waals surface area contributed by atoms with Gasteiger partial charge in [-0.1, -0.05) is 30.3 Å². The Hall–Kier alpha value is -3.25. The van der Waals surface area contributed by atoms with Gasteiger partial charge in [0.25, 0.3) is 0 Å². The van der Waals surface area contributed by atoms with E-state index in [1.165, 1.54) is 0 Å². The maximum atomic E-state index is 5.78. The molecule has 6 heteroatoms. The molecule has 0 aliphatic carbocycles. The lowest BCUT2D eigenvalue weighted by Crippen LogP contribution is -2.33. The van der Waals surface area contributed by atoms with Gasteiger partial charge >= 0.3 is 0 Å². The van der Waals surface area contributed by atoms with Crippen LogP contribution in [0.2, 0.25) is 0 Å². The van der Waals surface area contributed by atoms with Crippen molar-refractivity contribution in [2.75, 3.05) is 26.1 Å². The van der Waals surface area contributed by atoms with Crippen molar-refractivity contribution >= 4 is 23.0 Å². The van der Waals surface area contributed by atoms with E-state index in [1.54, 1.807) is 14.2 Å². The van der Waals surface area contributed by atoms with Crippen molar-refractivity contribution in [1.82, 2.24) is 4.90 Å². The number of benzene rings is 3. The molecule has 0 fully saturated rings. The average Bonchev–Trinajstić information content (AvgIpc) is 2.80. The predicted octanol–water partition coefficient (Wildman–Crippen LogP) is 5.50. The number of hydrogen-bond donors (Lipinski definition) is 1. The second kappa shape index (κ2) is 11.2. The molecule has 1 N–H and O–H groups in total. The van der Waals surface area contributed by atoms with Crippen molar-refractivity contribution in [3.8, 4) is 17.2 Å². The fourth-order valence-electron chi connectivity index (χ4n) is 3.13. The van der Waals surface area contributed by atoms with Crippen molar-refractivity contribution in [3.05, 3.63) is 83.9 Å². The molecule has 3 rings (SSSR count). The van der Waals surface area contributed by atoms with Crippen LogP contribution in [-0.4, -0.2) is 30.8 Å². The summed E-state index contributed by atoms with van der Waals surface area (Å²) in [5.41, 5.74) is 3.17. The second-order valence-corrected chi connectivity index (χ2v) is 7.33. The summed E-state index contributed by atoms with van der Waals surface area (Å²) in [6.07, 6.45) is 0. The Balaban J connectivity index is 1.78. The van der Waals surface area contributed by atoms with Crippen LogP contribution in [0.4, 0.5) is 5.69 Å². The summed E-state index contributed by atoms with van der Waals surface area (Å²) in [4.78, 5) is 2.13. The van der Waals surface area contributed by atoms with Gasteiger partial charge in [0.15, 0.2) is 5.11 Å². The van der Waals surface area contributed by atoms with E-state index >= 15 is 0 Å². The smallest absolute Gasteiger partial charge is 0.174 e. The molecule has 0 bridgehead atoms. The minimum absolute atomic E-state index is 0.637. The standard InChI is InChI=1S/C25H28N2O3S/c1-4-30-23-14-10-20(11-15-23)18-27(17-19-8-12-22(28-2)13-9-19)25(31)26-21-6-5-7-24(16-21)29-3/h5-16H,4,17-18H2,1-3H3,(H,26,31). The number of ether oxygens (including phenoxy) is 3. The minimum atomic E-state index is 0.637. The highest BCUT2D eigenvalue weighted by molar-refractivity contribution is 7.80. The highest BCUT2D eigenvalue weighted by Gasteiger charge is 2.13. The van der Waals surface area contributed by atoms with E-state index in [-0.39, 0.29) is 0 Å². The summed E-state index contributed by atoms with van der Waals surface area (Å²) in [5, 5.41) is 3.98. The second-order valence-electron chi connectivity index (χ2n) is 6.94. The number of thiocarbonyl (C=S) groups is 1. The van der Waals surface area contributed by atoms with E-state index < -0.39 is 0 Å². The quantitative estimate of drug-likeness (QED) is 0.447. The summed E-state index contributed by atoms with van der Waals surface area (Å²) >= 11 is 5.78. The molecule has 0 unspecified atom stereocenters. The summed E-state index contributed by atoms with van der Waals surface area (Å²) in [5.74, 6) is 2.48. The Bertz CT molecular complexity index is 975. The molecule has 0 spiro atoms. The van der Waals surface area contributed by atoms with E-state index in [1.807, 2.05) is 55.5 Å². The van der Waals surface area contributed by atoms with Crippen LogP contribution in [0.1, 0.15) is 18.1 Å². The minimum Gasteiger partial charge on any atom is -0.497 e. The van der Waals surface area contributed by atoms with Crippen LogP contribution in [0, 0.1) is 0 Å². The first-order chi connectivity index (χ1) is 15.1. The topological polar surface area (TPSA) is 43.0 Å². The maximum absolute atomic E-state index is 5.78. The van der Waals surface area contributed by atoms with Crippen molar-refractivity contribution in [2.45, 2.75) is 20.0 Å². The van der Waals surface area contributed by atoms with Crippen molar-refractivity contribution in [1.29, 1.82) is 0 Å². The zero-order valence-electron chi connectivity index (χ0n) is 18.1. The van der Waals surface area contributed by atoms with Crippen LogP contribution >= 0.6 is 12.2 Å². The molecule has 0 aliphatic heterocycles. The largest absolute Gasteiger partial charge is 0.497 e. The molecule has 3 aromatic rings. The first-order valence-electron chi connectivity index (χ1n) is 10.2. The highest BCUT2D eigenvalue weighted by Crippen LogP contribution is 2.20. The van der Waals surface area contributed by atoms with Crippen LogP contribution in [0.5, 0.6) is 17.2 Å². The van der Waals surface area contributed by atoms with Gasteiger partial charge in [-0.3, -0.25) is 0 Å². The Kier molecular flexibility index (Phi) is 8.12. The van der Waals surface area contributed by atoms with E-state index in [9.17, 15) is 0 Å². The van der Waals surface area contributed by atoms with Crippen molar-refractivity contribution in [2.24, 2.45) is 0 Å². The summed E-state index contributed by atoms with van der Waals surface area (Å²) < 4.78 is 16.2. The predicted molar refractivity (Wildman–Crippen MR) is 129 cm³/mol. The van der Waals surface area contributed by atoms with Gasteiger partial charge in [0.05, 0.1) is 20.8 Å². The molecule has 3 aromatic carbocycles. The summed E-state index contributed by atoms with van der Waals surface area (Å²) in [6.45, 7) is 3.95. The third kappa shape index (κ3) is 6.62. The number of anilines is 1. The number of hydrogen-bond acceptors (Lipinski definition) is 4. The fraction of sp³-hybridized carbons (Fsp3) is 0.240. The summed E-state index contributed by atoms with van der Waals surface area (Å²) in [6, 6.07) is 23.9. The molecule has 0 amide bonds. The third-order valence-corrected chi connectivity index (χ3v) is 5.11. The monoisotopic (exact) mass is 436 g/mol. The van der Waals surface area contributed by atoms with Gasteiger partial charge in [0.2, 0.25) is 0 Å². The van der Waals surface area contributed by atoms with Gasteiger partial charge in [-0.05, 0) is 66.7 Å². The van der Waals surface area contributed by atoms with Crippen LogP contribution < -0.4 is 19.5 Å². The molecule has 5 nitrogen and oxygen atoms in total. The molecular formula is C25H28N2O3S. The molecule has 162 valence electrons. The van der Waals surface area contributed by atoms with Crippen LogP contribution in [0.15, 0.2) is 72.8 Å². The lowest BCUT2D eigenvalue weighted by atomic mass is 10.1. The number of methoxy groups -OCH3 is 2. The zero-order valence-corrected chi connectivity index (χ0v) is 18.9. The van der Waals surface area contributed by atoms with E-state index in [0.29, 0.717) is 24.8 Å². The van der Waals surface area contributed by atoms with Gasteiger partial charge in [-0.15, -0.1) is 0 Å². The molecule has 0 radical (unpaired) electrons. The van der Waals surface area contributed by atoms with Gasteiger partial charge in [-0.25, -0.2) is 0 Å². The SMILES string of the molecule is CCOc1ccc(CN(Cc2ccc(OC)cc2)C(=S)Nc2cccc(OC)c2)cc1. The number of nitrogens with one attached hydrogen (secondary N) is 1. The van der Waals surface area contributed by atoms with Crippen LogP contribution in [0.3, 0.4) is 0 Å². The average molecular weight is 437 g/mol. The van der Waals surface area contributed by atoms with Gasteiger partial charge < -0.3 is 24.4 Å². The Labute approximate surface area is 189 Å². The van der Waals surface area contributed by atoms with Gasteiger partial charge in [-0.2, -0.15) is 0 Å². The number of nitrogens with zero attached hydrogens (tertiary/aromatic N) is 1. The zero-order chi connectivity index (χ0) is 22.1. The normalized spacial score (nSPS) is 10.3. The molecule has 0 aliphatic rings. The lowest BCUT2D eigenvalue weighted by molar-refractivity contribution is 0.340. The fourth-order valence-corrected chi connectivity index (χ4v) is 3.38. The molecular weight excluding hydrogens is 408 g/mol. The van der Waals surface area contributed by atoms with Crippen molar-refractivity contribution in [3.63, 3.8) is 0 Å². The molecule has 0 aromatic heterocycles. The van der Waals surface area contributed by atoms with Gasteiger partial charge in [0.1, 0.15) is 17.2 Å². The molecule has 0 saturated heterocycles. The van der Waals surface area contributed by atoms with E-state index in [0.717, 1.165) is 34.1 Å². The molecule has 31 heavy (non-hydrogen) atoms. The lowest BCUT2D eigenvalue weighted by Gasteiger charge is -2.26. The van der Waals surface area contributed by atoms with Crippen LogP contribution in [0.25, 0.3) is 0 Å². The van der Waals surface area contributed by atoms with Crippen LogP contribution in [-0.2, 0) is 13.1 Å².